The molecule has 0 aliphatic carbocycles. The normalized spacial score (nSPS) is 10.9. The number of benzene rings is 1. The van der Waals surface area contributed by atoms with Crippen molar-refractivity contribution in [3.8, 4) is 10.6 Å². The van der Waals surface area contributed by atoms with Crippen LogP contribution in [0.4, 0.5) is 0 Å². The smallest absolute Gasteiger partial charge is 0.190 e. The molecule has 3 rings (SSSR count). The van der Waals surface area contributed by atoms with Gasteiger partial charge in [0.2, 0.25) is 0 Å². The molecule has 2 heterocycles. The van der Waals surface area contributed by atoms with Gasteiger partial charge in [0.15, 0.2) is 10.5 Å². The molecule has 2 aromatic heterocycles. The van der Waals surface area contributed by atoms with Crippen LogP contribution in [-0.4, -0.2) is 21.5 Å². The first-order valence-electron chi connectivity index (χ1n) is 5.74. The Hall–Kier alpha value is -1.85. The standard InChI is InChI=1S/C13H12N4S/c14-5-4-9-2-1-3-10(8-9)12-17-11-13(18-12)16-7-6-15-11/h1-3,6-8H,4-5,14H2. The van der Waals surface area contributed by atoms with E-state index in [4.69, 9.17) is 5.73 Å². The van der Waals surface area contributed by atoms with Gasteiger partial charge in [0.25, 0.3) is 0 Å². The summed E-state index contributed by atoms with van der Waals surface area (Å²) in [7, 11) is 0. The molecule has 0 amide bonds. The second-order valence-corrected chi connectivity index (χ2v) is 4.92. The first-order valence-corrected chi connectivity index (χ1v) is 6.55. The Bertz CT molecular complexity index is 644. The van der Waals surface area contributed by atoms with E-state index in [9.17, 15) is 0 Å². The second-order valence-electron chi connectivity index (χ2n) is 3.94. The number of hydrogen-bond donors (Lipinski definition) is 1. The third-order valence-electron chi connectivity index (χ3n) is 2.65. The predicted molar refractivity (Wildman–Crippen MR) is 73.4 cm³/mol. The summed E-state index contributed by atoms with van der Waals surface area (Å²) >= 11 is 1.56. The number of nitrogens with zero attached hydrogens (tertiary/aromatic N) is 3. The molecule has 0 saturated carbocycles. The lowest BCUT2D eigenvalue weighted by atomic mass is 10.1. The van der Waals surface area contributed by atoms with Crippen molar-refractivity contribution in [3.05, 3.63) is 42.2 Å². The topological polar surface area (TPSA) is 64.7 Å². The van der Waals surface area contributed by atoms with Crippen LogP contribution < -0.4 is 5.73 Å². The van der Waals surface area contributed by atoms with Crippen LogP contribution in [0.25, 0.3) is 21.0 Å². The minimum absolute atomic E-state index is 0.659. The van der Waals surface area contributed by atoms with Gasteiger partial charge in [0, 0.05) is 18.0 Å². The summed E-state index contributed by atoms with van der Waals surface area (Å²) in [5.41, 5.74) is 8.62. The average Bonchev–Trinajstić information content (AvgIpc) is 2.83. The number of fused-ring (bicyclic) bond motifs is 1. The highest BCUT2D eigenvalue weighted by Gasteiger charge is 2.07. The molecule has 18 heavy (non-hydrogen) atoms. The first-order chi connectivity index (χ1) is 8.86. The Morgan fingerprint density at radius 2 is 2.06 bits per heavy atom. The molecule has 0 fully saturated rings. The molecule has 5 heteroatoms. The largest absolute Gasteiger partial charge is 0.330 e. The molecule has 3 aromatic rings. The van der Waals surface area contributed by atoms with Gasteiger partial charge >= 0.3 is 0 Å². The summed E-state index contributed by atoms with van der Waals surface area (Å²) < 4.78 is 0. The lowest BCUT2D eigenvalue weighted by Gasteiger charge is -2.00. The lowest BCUT2D eigenvalue weighted by molar-refractivity contribution is 0.969. The zero-order valence-corrected chi connectivity index (χ0v) is 10.5. The Balaban J connectivity index is 2.05. The fourth-order valence-electron chi connectivity index (χ4n) is 1.83. The molecular weight excluding hydrogens is 244 g/mol. The van der Waals surface area contributed by atoms with Gasteiger partial charge in [-0.3, -0.25) is 0 Å². The number of thiazole rings is 1. The van der Waals surface area contributed by atoms with Gasteiger partial charge in [0.05, 0.1) is 0 Å². The maximum Gasteiger partial charge on any atom is 0.190 e. The van der Waals surface area contributed by atoms with E-state index in [0.717, 1.165) is 21.8 Å². The van der Waals surface area contributed by atoms with Crippen LogP contribution in [-0.2, 0) is 6.42 Å². The van der Waals surface area contributed by atoms with Gasteiger partial charge in [-0.15, -0.1) is 0 Å². The van der Waals surface area contributed by atoms with E-state index < -0.39 is 0 Å². The fraction of sp³-hybridized carbons (Fsp3) is 0.154. The van der Waals surface area contributed by atoms with E-state index in [1.807, 2.05) is 6.07 Å². The van der Waals surface area contributed by atoms with Crippen LogP contribution in [0.15, 0.2) is 36.7 Å². The number of nitrogens with two attached hydrogens (primary N) is 1. The van der Waals surface area contributed by atoms with E-state index in [1.54, 1.807) is 23.7 Å². The fourth-order valence-corrected chi connectivity index (χ4v) is 2.69. The average molecular weight is 256 g/mol. The maximum absolute atomic E-state index is 5.58. The molecule has 0 radical (unpaired) electrons. The van der Waals surface area contributed by atoms with Crippen molar-refractivity contribution in [1.82, 2.24) is 15.0 Å². The highest BCUT2D eigenvalue weighted by molar-refractivity contribution is 7.21. The van der Waals surface area contributed by atoms with Crippen LogP contribution in [0, 0.1) is 0 Å². The molecule has 0 spiro atoms. The van der Waals surface area contributed by atoms with Crippen molar-refractivity contribution in [2.75, 3.05) is 6.54 Å². The van der Waals surface area contributed by atoms with Crippen LogP contribution in [0.2, 0.25) is 0 Å². The van der Waals surface area contributed by atoms with Gasteiger partial charge in [-0.1, -0.05) is 29.5 Å². The minimum atomic E-state index is 0.659. The third kappa shape index (κ3) is 2.10. The minimum Gasteiger partial charge on any atom is -0.330 e. The molecule has 0 bridgehead atoms. The monoisotopic (exact) mass is 256 g/mol. The van der Waals surface area contributed by atoms with Crippen molar-refractivity contribution < 1.29 is 0 Å². The molecule has 4 nitrogen and oxygen atoms in total. The van der Waals surface area contributed by atoms with E-state index in [1.165, 1.54) is 5.56 Å². The van der Waals surface area contributed by atoms with Crippen molar-refractivity contribution in [2.24, 2.45) is 5.73 Å². The lowest BCUT2D eigenvalue weighted by Crippen LogP contribution is -2.02. The van der Waals surface area contributed by atoms with Crippen LogP contribution in [0.3, 0.4) is 0 Å². The summed E-state index contributed by atoms with van der Waals surface area (Å²) in [5.74, 6) is 0. The molecule has 0 aliphatic heterocycles. The highest BCUT2D eigenvalue weighted by Crippen LogP contribution is 2.28. The first kappa shape index (κ1) is 11.3. The van der Waals surface area contributed by atoms with Crippen molar-refractivity contribution in [2.45, 2.75) is 6.42 Å². The molecular formula is C13H12N4S. The van der Waals surface area contributed by atoms with Gasteiger partial charge in [-0.2, -0.15) is 0 Å². The van der Waals surface area contributed by atoms with Gasteiger partial charge in [0.1, 0.15) is 5.01 Å². The Morgan fingerprint density at radius 3 is 2.89 bits per heavy atom. The Morgan fingerprint density at radius 1 is 1.17 bits per heavy atom. The van der Waals surface area contributed by atoms with Crippen molar-refractivity contribution in [1.29, 1.82) is 0 Å². The molecule has 0 unspecified atom stereocenters. The quantitative estimate of drug-likeness (QED) is 0.780. The van der Waals surface area contributed by atoms with Crippen LogP contribution in [0.5, 0.6) is 0 Å². The summed E-state index contributed by atoms with van der Waals surface area (Å²) in [6, 6.07) is 8.30. The van der Waals surface area contributed by atoms with Gasteiger partial charge in [-0.25, -0.2) is 15.0 Å². The predicted octanol–water partition coefficient (Wildman–Crippen LogP) is 2.25. The second kappa shape index (κ2) is 4.80. The van der Waals surface area contributed by atoms with Gasteiger partial charge in [-0.05, 0) is 24.6 Å². The Kier molecular flexibility index (Phi) is 3.00. The van der Waals surface area contributed by atoms with E-state index in [-0.39, 0.29) is 0 Å². The van der Waals surface area contributed by atoms with Crippen molar-refractivity contribution in [3.63, 3.8) is 0 Å². The highest BCUT2D eigenvalue weighted by atomic mass is 32.1. The van der Waals surface area contributed by atoms with E-state index in [2.05, 4.69) is 33.2 Å². The summed E-state index contributed by atoms with van der Waals surface area (Å²) in [4.78, 5) is 13.8. The molecule has 90 valence electrons. The molecule has 1 aromatic carbocycles. The Labute approximate surface area is 109 Å². The van der Waals surface area contributed by atoms with E-state index in [0.29, 0.717) is 12.2 Å². The summed E-state index contributed by atoms with van der Waals surface area (Å²) in [5, 5.41) is 0.954. The maximum atomic E-state index is 5.58. The van der Waals surface area contributed by atoms with Crippen LogP contribution in [0.1, 0.15) is 5.56 Å². The number of rotatable bonds is 3. The zero-order chi connectivity index (χ0) is 12.4. The zero-order valence-electron chi connectivity index (χ0n) is 9.71. The number of hydrogen-bond acceptors (Lipinski definition) is 5. The third-order valence-corrected chi connectivity index (χ3v) is 3.66. The summed E-state index contributed by atoms with van der Waals surface area (Å²) in [6.07, 6.45) is 4.24. The molecule has 0 saturated heterocycles. The molecule has 0 aliphatic rings. The molecule has 2 N–H and O–H groups in total. The van der Waals surface area contributed by atoms with Gasteiger partial charge < -0.3 is 5.73 Å². The van der Waals surface area contributed by atoms with Crippen LogP contribution >= 0.6 is 11.3 Å². The van der Waals surface area contributed by atoms with E-state index >= 15 is 0 Å². The van der Waals surface area contributed by atoms with Crippen molar-refractivity contribution >= 4 is 21.8 Å². The SMILES string of the molecule is NCCc1cccc(-c2nc3nccnc3s2)c1. The summed E-state index contributed by atoms with van der Waals surface area (Å²) in [6.45, 7) is 0.659. The number of aromatic nitrogens is 3. The molecule has 0 atom stereocenters.